The first-order chi connectivity index (χ1) is 9.90. The van der Waals surface area contributed by atoms with Crippen molar-refractivity contribution in [2.75, 3.05) is 39.8 Å². The van der Waals surface area contributed by atoms with Crippen molar-refractivity contribution >= 4 is 5.91 Å². The normalized spacial score (nSPS) is 25.8. The predicted molar refractivity (Wildman–Crippen MR) is 73.9 cm³/mol. The van der Waals surface area contributed by atoms with Crippen molar-refractivity contribution in [2.45, 2.75) is 37.9 Å². The molecule has 0 spiro atoms. The molecule has 2 aliphatic rings. The van der Waals surface area contributed by atoms with Crippen LogP contribution in [-0.4, -0.2) is 67.7 Å². The molecule has 0 radical (unpaired) electrons. The molecule has 0 bridgehead atoms. The Labute approximate surface area is 123 Å². The Kier molecular flexibility index (Phi) is 5.48. The molecule has 2 saturated heterocycles. The minimum atomic E-state index is -4.30. The number of nitrogens with one attached hydrogen (secondary N) is 1. The van der Waals surface area contributed by atoms with Crippen LogP contribution in [0.5, 0.6) is 0 Å². The summed E-state index contributed by atoms with van der Waals surface area (Å²) in [6.45, 7) is 1.76. The Morgan fingerprint density at radius 1 is 1.19 bits per heavy atom. The summed E-state index contributed by atoms with van der Waals surface area (Å²) in [5, 5.41) is 3.13. The maximum absolute atomic E-state index is 12.4. The van der Waals surface area contributed by atoms with Crippen LogP contribution >= 0.6 is 0 Å². The van der Waals surface area contributed by atoms with E-state index in [1.54, 1.807) is 0 Å². The van der Waals surface area contributed by atoms with Gasteiger partial charge in [-0.2, -0.15) is 13.2 Å². The molecule has 2 heterocycles. The molecule has 0 saturated carbocycles. The molecule has 4 nitrogen and oxygen atoms in total. The van der Waals surface area contributed by atoms with Gasteiger partial charge in [0.25, 0.3) is 0 Å². The van der Waals surface area contributed by atoms with E-state index >= 15 is 0 Å². The third-order valence-corrected chi connectivity index (χ3v) is 4.53. The van der Waals surface area contributed by atoms with Crippen molar-refractivity contribution in [1.82, 2.24) is 15.1 Å². The summed E-state index contributed by atoms with van der Waals surface area (Å²) in [6, 6.07) is -0.336. The van der Waals surface area contributed by atoms with E-state index in [4.69, 9.17) is 0 Å². The Morgan fingerprint density at radius 2 is 1.86 bits per heavy atom. The van der Waals surface area contributed by atoms with Gasteiger partial charge >= 0.3 is 6.18 Å². The monoisotopic (exact) mass is 307 g/mol. The molecule has 7 heteroatoms. The second-order valence-electron chi connectivity index (χ2n) is 6.05. The number of halogens is 3. The maximum Gasteiger partial charge on any atom is 0.406 e. The van der Waals surface area contributed by atoms with Crippen LogP contribution in [0.1, 0.15) is 25.7 Å². The summed E-state index contributed by atoms with van der Waals surface area (Å²) < 4.78 is 37.2. The maximum atomic E-state index is 12.4. The second kappa shape index (κ2) is 6.96. The first-order valence-electron chi connectivity index (χ1n) is 7.65. The average molecular weight is 307 g/mol. The van der Waals surface area contributed by atoms with Crippen LogP contribution in [0.15, 0.2) is 0 Å². The van der Waals surface area contributed by atoms with E-state index in [0.29, 0.717) is 12.3 Å². The molecule has 1 amide bonds. The summed E-state index contributed by atoms with van der Waals surface area (Å²) >= 11 is 0. The molecule has 122 valence electrons. The third-order valence-electron chi connectivity index (χ3n) is 4.53. The van der Waals surface area contributed by atoms with Crippen LogP contribution in [0.2, 0.25) is 0 Å². The molecule has 1 unspecified atom stereocenters. The Bertz CT molecular complexity index is 354. The van der Waals surface area contributed by atoms with E-state index in [1.807, 2.05) is 7.05 Å². The Hall–Kier alpha value is -0.820. The van der Waals surface area contributed by atoms with Gasteiger partial charge < -0.3 is 10.2 Å². The molecule has 0 aromatic heterocycles. The molecule has 21 heavy (non-hydrogen) atoms. The second-order valence-corrected chi connectivity index (χ2v) is 6.05. The number of piperidine rings is 1. The zero-order chi connectivity index (χ0) is 15.5. The molecular formula is C14H24F3N3O. The third kappa shape index (κ3) is 4.57. The lowest BCUT2D eigenvalue weighted by Crippen LogP contribution is -2.47. The van der Waals surface area contributed by atoms with E-state index in [-0.39, 0.29) is 18.5 Å². The SMILES string of the molecule is CNCCC1CCN(C2CCN(CC(F)(F)F)C2=O)CC1. The Balaban J connectivity index is 1.80. The van der Waals surface area contributed by atoms with E-state index in [2.05, 4.69) is 10.2 Å². The summed E-state index contributed by atoms with van der Waals surface area (Å²) in [5.41, 5.74) is 0. The minimum Gasteiger partial charge on any atom is -0.332 e. The molecule has 0 aromatic carbocycles. The first kappa shape index (κ1) is 16.5. The van der Waals surface area contributed by atoms with E-state index in [1.165, 1.54) is 0 Å². The van der Waals surface area contributed by atoms with Gasteiger partial charge in [-0.15, -0.1) is 0 Å². The standard InChI is InChI=1S/C14H24F3N3O/c1-18-6-2-11-3-7-19(8-4-11)12-5-9-20(13(12)21)10-14(15,16)17/h11-12,18H,2-10H2,1H3. The van der Waals surface area contributed by atoms with Gasteiger partial charge in [-0.3, -0.25) is 9.69 Å². The first-order valence-corrected chi connectivity index (χ1v) is 7.65. The van der Waals surface area contributed by atoms with E-state index in [0.717, 1.165) is 43.8 Å². The van der Waals surface area contributed by atoms with E-state index in [9.17, 15) is 18.0 Å². The molecule has 1 atom stereocenters. The van der Waals surface area contributed by atoms with Gasteiger partial charge in [0.15, 0.2) is 0 Å². The smallest absolute Gasteiger partial charge is 0.332 e. The van der Waals surface area contributed by atoms with Crippen molar-refractivity contribution in [2.24, 2.45) is 5.92 Å². The number of amides is 1. The van der Waals surface area contributed by atoms with Crippen molar-refractivity contribution in [3.8, 4) is 0 Å². The summed E-state index contributed by atoms with van der Waals surface area (Å²) in [5.74, 6) is 0.317. The van der Waals surface area contributed by atoms with Crippen LogP contribution < -0.4 is 5.32 Å². The molecule has 1 N–H and O–H groups in total. The number of hydrogen-bond acceptors (Lipinski definition) is 3. The lowest BCUT2D eigenvalue weighted by Gasteiger charge is -2.35. The minimum absolute atomic E-state index is 0.225. The topological polar surface area (TPSA) is 35.6 Å². The number of nitrogens with zero attached hydrogens (tertiary/aromatic N) is 2. The molecule has 2 fully saturated rings. The van der Waals surface area contributed by atoms with Crippen LogP contribution in [0.25, 0.3) is 0 Å². The highest BCUT2D eigenvalue weighted by Gasteiger charge is 2.41. The molecular weight excluding hydrogens is 283 g/mol. The largest absolute Gasteiger partial charge is 0.406 e. The molecule has 2 aliphatic heterocycles. The van der Waals surface area contributed by atoms with E-state index < -0.39 is 12.7 Å². The van der Waals surface area contributed by atoms with Crippen LogP contribution in [-0.2, 0) is 4.79 Å². The average Bonchev–Trinajstić information content (AvgIpc) is 2.77. The van der Waals surface area contributed by atoms with Crippen LogP contribution in [0, 0.1) is 5.92 Å². The number of rotatable bonds is 5. The predicted octanol–water partition coefficient (Wildman–Crippen LogP) is 1.47. The van der Waals surface area contributed by atoms with Crippen molar-refractivity contribution in [3.05, 3.63) is 0 Å². The van der Waals surface area contributed by atoms with Gasteiger partial charge in [0.05, 0.1) is 6.04 Å². The molecule has 0 aliphatic carbocycles. The number of carbonyl (C=O) groups is 1. The summed E-state index contributed by atoms with van der Waals surface area (Å²) in [4.78, 5) is 15.1. The lowest BCUT2D eigenvalue weighted by molar-refractivity contribution is -0.159. The molecule has 2 rings (SSSR count). The quantitative estimate of drug-likeness (QED) is 0.835. The fourth-order valence-corrected chi connectivity index (χ4v) is 3.34. The highest BCUT2D eigenvalue weighted by molar-refractivity contribution is 5.84. The van der Waals surface area contributed by atoms with Gasteiger partial charge in [-0.05, 0) is 58.3 Å². The zero-order valence-corrected chi connectivity index (χ0v) is 12.5. The fourth-order valence-electron chi connectivity index (χ4n) is 3.34. The number of hydrogen-bond donors (Lipinski definition) is 1. The Morgan fingerprint density at radius 3 is 2.43 bits per heavy atom. The van der Waals surface area contributed by atoms with Crippen molar-refractivity contribution < 1.29 is 18.0 Å². The van der Waals surface area contributed by atoms with Crippen molar-refractivity contribution in [3.63, 3.8) is 0 Å². The summed E-state index contributed by atoms with van der Waals surface area (Å²) in [6.07, 6.45) is -0.584. The number of likely N-dealkylation sites (tertiary alicyclic amines) is 2. The zero-order valence-electron chi connectivity index (χ0n) is 12.5. The van der Waals surface area contributed by atoms with Gasteiger partial charge in [0, 0.05) is 6.54 Å². The number of alkyl halides is 3. The van der Waals surface area contributed by atoms with Gasteiger partial charge in [-0.25, -0.2) is 0 Å². The summed E-state index contributed by atoms with van der Waals surface area (Å²) in [7, 11) is 1.93. The van der Waals surface area contributed by atoms with Gasteiger partial charge in [0.2, 0.25) is 5.91 Å². The van der Waals surface area contributed by atoms with Crippen LogP contribution in [0.3, 0.4) is 0 Å². The van der Waals surface area contributed by atoms with Gasteiger partial charge in [0.1, 0.15) is 6.54 Å². The highest BCUT2D eigenvalue weighted by atomic mass is 19.4. The van der Waals surface area contributed by atoms with Crippen LogP contribution in [0.4, 0.5) is 13.2 Å². The fraction of sp³-hybridized carbons (Fsp3) is 0.929. The highest BCUT2D eigenvalue weighted by Crippen LogP contribution is 2.27. The lowest BCUT2D eigenvalue weighted by atomic mass is 9.92. The number of carbonyl (C=O) groups excluding carboxylic acids is 1. The molecule has 0 aromatic rings. The van der Waals surface area contributed by atoms with Gasteiger partial charge in [-0.1, -0.05) is 0 Å². The van der Waals surface area contributed by atoms with Crippen molar-refractivity contribution in [1.29, 1.82) is 0 Å².